The van der Waals surface area contributed by atoms with Gasteiger partial charge in [-0.25, -0.2) is 0 Å². The molecule has 0 saturated carbocycles. The van der Waals surface area contributed by atoms with E-state index >= 15 is 0 Å². The third kappa shape index (κ3) is 3.08. The molecule has 0 spiro atoms. The number of benzene rings is 4. The topological polar surface area (TPSA) is 43.1 Å². The largest absolute Gasteiger partial charge is 0.275 e. The van der Waals surface area contributed by atoms with Gasteiger partial charge >= 0.3 is 0 Å². The fraction of sp³-hybridized carbons (Fsp3) is 0.0833. The van der Waals surface area contributed by atoms with E-state index in [9.17, 15) is 10.1 Å². The summed E-state index contributed by atoms with van der Waals surface area (Å²) in [7, 11) is 0. The summed E-state index contributed by atoms with van der Waals surface area (Å²) < 4.78 is 0. The van der Waals surface area contributed by atoms with E-state index < -0.39 is 0 Å². The van der Waals surface area contributed by atoms with E-state index in [1.165, 1.54) is 21.5 Å². The van der Waals surface area contributed by atoms with Crippen molar-refractivity contribution in [1.29, 1.82) is 0 Å². The summed E-state index contributed by atoms with van der Waals surface area (Å²) in [5.41, 5.74) is 3.69. The maximum absolute atomic E-state index is 11.2. The second-order valence-electron chi connectivity index (χ2n) is 6.83. The number of fused-ring (bicyclic) bond motifs is 2. The molecule has 0 atom stereocenters. The first-order valence-electron chi connectivity index (χ1n) is 8.89. The molecule has 0 saturated heterocycles. The van der Waals surface area contributed by atoms with Crippen molar-refractivity contribution in [3.8, 4) is 0 Å². The lowest BCUT2D eigenvalue weighted by Gasteiger charge is -2.09. The van der Waals surface area contributed by atoms with Gasteiger partial charge in [0.2, 0.25) is 0 Å². The van der Waals surface area contributed by atoms with Crippen LogP contribution >= 0.6 is 0 Å². The zero-order valence-corrected chi connectivity index (χ0v) is 15.3. The van der Waals surface area contributed by atoms with Gasteiger partial charge in [-0.05, 0) is 64.7 Å². The van der Waals surface area contributed by atoms with Crippen molar-refractivity contribution in [2.45, 2.75) is 13.8 Å². The number of rotatable bonds is 3. The Bertz CT molecular complexity index is 1140. The first-order valence-corrected chi connectivity index (χ1v) is 8.89. The number of nitro groups is 1. The van der Waals surface area contributed by atoms with Gasteiger partial charge < -0.3 is 0 Å². The maximum Gasteiger partial charge on any atom is 0.275 e. The van der Waals surface area contributed by atoms with Crippen LogP contribution in [0.4, 0.5) is 5.69 Å². The summed E-state index contributed by atoms with van der Waals surface area (Å²) in [5, 5.41) is 16.0. The molecule has 0 aliphatic carbocycles. The average molecular weight is 353 g/mol. The van der Waals surface area contributed by atoms with E-state index in [1.54, 1.807) is 13.8 Å². The lowest BCUT2D eigenvalue weighted by Crippen LogP contribution is -1.95. The SMILES string of the molecule is Cc1cc(/C=C/c2c3ccccc3cc3ccccc23)cc(C)c1[N+](=O)[O-]. The Labute approximate surface area is 157 Å². The fourth-order valence-electron chi connectivity index (χ4n) is 3.78. The molecule has 132 valence electrons. The summed E-state index contributed by atoms with van der Waals surface area (Å²) in [6.07, 6.45) is 4.16. The minimum atomic E-state index is -0.309. The Morgan fingerprint density at radius 3 is 1.81 bits per heavy atom. The number of nitro benzene ring substituents is 1. The highest BCUT2D eigenvalue weighted by Gasteiger charge is 2.14. The molecule has 0 N–H and O–H groups in total. The highest BCUT2D eigenvalue weighted by atomic mass is 16.6. The molecule has 0 aliphatic rings. The number of hydrogen-bond donors (Lipinski definition) is 0. The molecule has 0 aromatic heterocycles. The Balaban J connectivity index is 1.89. The molecule has 3 nitrogen and oxygen atoms in total. The molecule has 0 heterocycles. The van der Waals surface area contributed by atoms with Crippen molar-refractivity contribution >= 4 is 39.4 Å². The van der Waals surface area contributed by atoms with E-state index in [4.69, 9.17) is 0 Å². The fourth-order valence-corrected chi connectivity index (χ4v) is 3.78. The zero-order valence-electron chi connectivity index (χ0n) is 15.3. The molecular formula is C24H19NO2. The Morgan fingerprint density at radius 1 is 0.778 bits per heavy atom. The van der Waals surface area contributed by atoms with Gasteiger partial charge in [-0.15, -0.1) is 0 Å². The number of hydrogen-bond acceptors (Lipinski definition) is 2. The van der Waals surface area contributed by atoms with Crippen LogP contribution in [0.25, 0.3) is 33.7 Å². The maximum atomic E-state index is 11.2. The van der Waals surface area contributed by atoms with Crippen LogP contribution in [-0.4, -0.2) is 4.92 Å². The van der Waals surface area contributed by atoms with E-state index in [0.717, 1.165) is 11.1 Å². The molecule has 0 amide bonds. The second kappa shape index (κ2) is 6.69. The van der Waals surface area contributed by atoms with E-state index in [1.807, 2.05) is 30.3 Å². The van der Waals surface area contributed by atoms with Gasteiger partial charge in [0.1, 0.15) is 0 Å². The molecule has 0 aliphatic heterocycles. The predicted octanol–water partition coefficient (Wildman–Crippen LogP) is 6.69. The van der Waals surface area contributed by atoms with Gasteiger partial charge in [-0.3, -0.25) is 10.1 Å². The zero-order chi connectivity index (χ0) is 19.0. The molecule has 4 rings (SSSR count). The third-order valence-corrected chi connectivity index (χ3v) is 4.95. The minimum absolute atomic E-state index is 0.197. The molecule has 4 aromatic rings. The summed E-state index contributed by atoms with van der Waals surface area (Å²) in [6.45, 7) is 3.57. The average Bonchev–Trinajstić information content (AvgIpc) is 2.64. The normalized spacial score (nSPS) is 11.5. The van der Waals surface area contributed by atoms with Crippen LogP contribution in [0, 0.1) is 24.0 Å². The molecule has 0 radical (unpaired) electrons. The summed E-state index contributed by atoms with van der Waals surface area (Å²) in [4.78, 5) is 10.9. The van der Waals surface area contributed by atoms with Crippen molar-refractivity contribution in [1.82, 2.24) is 0 Å². The highest BCUT2D eigenvalue weighted by Crippen LogP contribution is 2.31. The van der Waals surface area contributed by atoms with Gasteiger partial charge in [0, 0.05) is 11.1 Å². The minimum Gasteiger partial charge on any atom is -0.258 e. The Morgan fingerprint density at radius 2 is 1.30 bits per heavy atom. The van der Waals surface area contributed by atoms with Gasteiger partial charge in [-0.2, -0.15) is 0 Å². The molecule has 4 aromatic carbocycles. The monoisotopic (exact) mass is 353 g/mol. The highest BCUT2D eigenvalue weighted by molar-refractivity contribution is 6.07. The Kier molecular flexibility index (Phi) is 4.21. The quantitative estimate of drug-likeness (QED) is 0.178. The first-order chi connectivity index (χ1) is 13.0. The third-order valence-electron chi connectivity index (χ3n) is 4.95. The molecule has 0 bridgehead atoms. The van der Waals surface area contributed by atoms with Crippen LogP contribution in [0.3, 0.4) is 0 Å². The molecular weight excluding hydrogens is 334 g/mol. The summed E-state index contributed by atoms with van der Waals surface area (Å²) >= 11 is 0. The van der Waals surface area contributed by atoms with Crippen LogP contribution in [-0.2, 0) is 0 Å². The van der Waals surface area contributed by atoms with Crippen LogP contribution < -0.4 is 0 Å². The van der Waals surface area contributed by atoms with Crippen molar-refractivity contribution in [3.05, 3.63) is 99.1 Å². The standard InChI is InChI=1S/C24H19NO2/c1-16-13-18(14-17(2)24(16)25(26)27)11-12-23-21-9-5-3-7-19(21)15-20-8-4-6-10-22(20)23/h3-15H,1-2H3/b12-11+. The van der Waals surface area contributed by atoms with Gasteiger partial charge in [0.05, 0.1) is 4.92 Å². The smallest absolute Gasteiger partial charge is 0.258 e. The van der Waals surface area contributed by atoms with Crippen molar-refractivity contribution in [3.63, 3.8) is 0 Å². The first kappa shape index (κ1) is 17.0. The molecule has 27 heavy (non-hydrogen) atoms. The second-order valence-corrected chi connectivity index (χ2v) is 6.83. The van der Waals surface area contributed by atoms with Crippen LogP contribution in [0.1, 0.15) is 22.3 Å². The number of nitrogens with zero attached hydrogens (tertiary/aromatic N) is 1. The predicted molar refractivity (Wildman–Crippen MR) is 113 cm³/mol. The molecule has 0 fully saturated rings. The van der Waals surface area contributed by atoms with Crippen molar-refractivity contribution < 1.29 is 4.92 Å². The molecule has 3 heteroatoms. The lowest BCUT2D eigenvalue weighted by molar-refractivity contribution is -0.386. The van der Waals surface area contributed by atoms with Crippen molar-refractivity contribution in [2.24, 2.45) is 0 Å². The van der Waals surface area contributed by atoms with Crippen LogP contribution in [0.5, 0.6) is 0 Å². The lowest BCUT2D eigenvalue weighted by atomic mass is 9.95. The van der Waals surface area contributed by atoms with Crippen LogP contribution in [0.15, 0.2) is 66.7 Å². The summed E-state index contributed by atoms with van der Waals surface area (Å²) in [5.74, 6) is 0. The summed E-state index contributed by atoms with van der Waals surface area (Å²) in [6, 6.07) is 22.7. The van der Waals surface area contributed by atoms with Crippen LogP contribution in [0.2, 0.25) is 0 Å². The van der Waals surface area contributed by atoms with Gasteiger partial charge in [0.15, 0.2) is 0 Å². The number of aryl methyl sites for hydroxylation is 2. The van der Waals surface area contributed by atoms with Gasteiger partial charge in [-0.1, -0.05) is 60.7 Å². The van der Waals surface area contributed by atoms with Crippen molar-refractivity contribution in [2.75, 3.05) is 0 Å². The molecule has 0 unspecified atom stereocenters. The van der Waals surface area contributed by atoms with Gasteiger partial charge in [0.25, 0.3) is 5.69 Å². The van der Waals surface area contributed by atoms with E-state index in [0.29, 0.717) is 11.1 Å². The van der Waals surface area contributed by atoms with E-state index in [-0.39, 0.29) is 10.6 Å². The Hall–Kier alpha value is -3.46. The van der Waals surface area contributed by atoms with E-state index in [2.05, 4.69) is 48.5 Å².